The van der Waals surface area contributed by atoms with E-state index < -0.39 is 17.5 Å². The molecule has 0 fully saturated rings. The molecule has 0 amide bonds. The fourth-order valence-electron chi connectivity index (χ4n) is 1.24. The Hall–Kier alpha value is -1.09. The maximum atomic E-state index is 10.8. The third kappa shape index (κ3) is 1.16. The molecule has 2 atom stereocenters. The van der Waals surface area contributed by atoms with Crippen LogP contribution in [-0.2, 0) is 4.79 Å². The highest BCUT2D eigenvalue weighted by atomic mass is 16.4. The summed E-state index contributed by atoms with van der Waals surface area (Å²) in [5, 5.41) is 18.2. The topological polar surface area (TPSA) is 57.5 Å². The van der Waals surface area contributed by atoms with Crippen LogP contribution in [0, 0.1) is 5.41 Å². The molecule has 0 spiro atoms. The van der Waals surface area contributed by atoms with Crippen LogP contribution < -0.4 is 0 Å². The van der Waals surface area contributed by atoms with E-state index in [0.29, 0.717) is 12.0 Å². The zero-order valence-corrected chi connectivity index (χ0v) is 6.95. The number of aliphatic carboxylic acids is 1. The van der Waals surface area contributed by atoms with Crippen molar-refractivity contribution in [3.8, 4) is 0 Å². The van der Waals surface area contributed by atoms with Gasteiger partial charge in [0.15, 0.2) is 0 Å². The van der Waals surface area contributed by atoms with Crippen molar-refractivity contribution < 1.29 is 15.0 Å². The van der Waals surface area contributed by atoms with Crippen LogP contribution in [0.3, 0.4) is 0 Å². The Morgan fingerprint density at radius 1 is 1.83 bits per heavy atom. The van der Waals surface area contributed by atoms with E-state index in [0.717, 1.165) is 0 Å². The van der Waals surface area contributed by atoms with Crippen molar-refractivity contribution >= 4 is 5.97 Å². The van der Waals surface area contributed by atoms with Crippen LogP contribution in [0.1, 0.15) is 13.3 Å². The Labute approximate surface area is 71.0 Å². The second kappa shape index (κ2) is 2.75. The first kappa shape index (κ1) is 9.00. The molecule has 1 aliphatic rings. The number of carboxylic acids is 1. The summed E-state index contributed by atoms with van der Waals surface area (Å²) in [6, 6.07) is 0. The summed E-state index contributed by atoms with van der Waals surface area (Å²) in [6.07, 6.45) is 2.98. The Balaban J connectivity index is 3.04. The summed E-state index contributed by atoms with van der Waals surface area (Å²) in [5.41, 5.74) is -0.741. The molecular weight excluding hydrogens is 156 g/mol. The van der Waals surface area contributed by atoms with E-state index in [1.165, 1.54) is 6.92 Å². The molecule has 0 unspecified atom stereocenters. The standard InChI is InChI=1S/C9H12O3/c1-6-7(10)4-3-5-9(6,2)8(11)12/h3,5,7,10H,1,4H2,2H3,(H,11,12)/t7-,9-/m0/s1. The molecule has 1 rings (SSSR count). The van der Waals surface area contributed by atoms with Crippen LogP contribution >= 0.6 is 0 Å². The molecule has 3 heteroatoms. The lowest BCUT2D eigenvalue weighted by atomic mass is 9.76. The molecule has 1 aliphatic carbocycles. The smallest absolute Gasteiger partial charge is 0.317 e. The summed E-state index contributed by atoms with van der Waals surface area (Å²) in [5.74, 6) is -0.970. The number of hydrogen-bond donors (Lipinski definition) is 2. The van der Waals surface area contributed by atoms with Crippen molar-refractivity contribution in [2.45, 2.75) is 19.4 Å². The molecule has 0 aromatic carbocycles. The monoisotopic (exact) mass is 168 g/mol. The highest BCUT2D eigenvalue weighted by Crippen LogP contribution is 2.34. The number of aliphatic hydroxyl groups is 1. The van der Waals surface area contributed by atoms with Gasteiger partial charge < -0.3 is 10.2 Å². The van der Waals surface area contributed by atoms with E-state index >= 15 is 0 Å². The highest BCUT2D eigenvalue weighted by Gasteiger charge is 2.38. The van der Waals surface area contributed by atoms with Crippen molar-refractivity contribution in [2.75, 3.05) is 0 Å². The van der Waals surface area contributed by atoms with Crippen LogP contribution in [0.25, 0.3) is 0 Å². The van der Waals surface area contributed by atoms with Gasteiger partial charge in [-0.2, -0.15) is 0 Å². The minimum atomic E-state index is -1.10. The van der Waals surface area contributed by atoms with Gasteiger partial charge >= 0.3 is 5.97 Å². The molecule has 3 nitrogen and oxygen atoms in total. The average Bonchev–Trinajstić information content (AvgIpc) is 2.00. The van der Waals surface area contributed by atoms with Crippen LogP contribution in [0.5, 0.6) is 0 Å². The normalized spacial score (nSPS) is 35.2. The van der Waals surface area contributed by atoms with E-state index in [2.05, 4.69) is 6.58 Å². The molecule has 66 valence electrons. The van der Waals surface area contributed by atoms with Crippen LogP contribution in [0.2, 0.25) is 0 Å². The molecule has 0 radical (unpaired) electrons. The SMILES string of the molecule is C=C1[C@@H](O)CC=C[C@]1(C)C(=O)O. The molecule has 0 aromatic heterocycles. The number of rotatable bonds is 1. The van der Waals surface area contributed by atoms with Crippen LogP contribution in [0.4, 0.5) is 0 Å². The van der Waals surface area contributed by atoms with Gasteiger partial charge in [-0.05, 0) is 18.9 Å². The van der Waals surface area contributed by atoms with Gasteiger partial charge in [-0.3, -0.25) is 4.79 Å². The van der Waals surface area contributed by atoms with Crippen molar-refractivity contribution in [3.05, 3.63) is 24.3 Å². The Morgan fingerprint density at radius 3 is 2.83 bits per heavy atom. The van der Waals surface area contributed by atoms with Crippen molar-refractivity contribution in [1.82, 2.24) is 0 Å². The van der Waals surface area contributed by atoms with Gasteiger partial charge in [0.05, 0.1) is 6.10 Å². The molecule has 0 heterocycles. The Morgan fingerprint density at radius 2 is 2.42 bits per heavy atom. The Bertz CT molecular complexity index is 254. The lowest BCUT2D eigenvalue weighted by Gasteiger charge is -2.30. The minimum absolute atomic E-state index is 0.359. The number of hydrogen-bond acceptors (Lipinski definition) is 2. The van der Waals surface area contributed by atoms with Crippen LogP contribution in [-0.4, -0.2) is 22.3 Å². The maximum Gasteiger partial charge on any atom is 0.317 e. The lowest BCUT2D eigenvalue weighted by molar-refractivity contribution is -0.144. The minimum Gasteiger partial charge on any atom is -0.480 e. The van der Waals surface area contributed by atoms with Gasteiger partial charge in [-0.15, -0.1) is 0 Å². The second-order valence-electron chi connectivity index (χ2n) is 3.19. The molecule has 0 saturated carbocycles. The first-order chi connectivity index (χ1) is 5.48. The van der Waals surface area contributed by atoms with E-state index in [1.54, 1.807) is 12.2 Å². The van der Waals surface area contributed by atoms with E-state index in [-0.39, 0.29) is 0 Å². The molecule has 0 aromatic rings. The van der Waals surface area contributed by atoms with Crippen LogP contribution in [0.15, 0.2) is 24.3 Å². The number of aliphatic hydroxyl groups excluding tert-OH is 1. The largest absolute Gasteiger partial charge is 0.480 e. The first-order valence-electron chi connectivity index (χ1n) is 3.77. The predicted molar refractivity (Wildman–Crippen MR) is 44.6 cm³/mol. The second-order valence-corrected chi connectivity index (χ2v) is 3.19. The molecule has 2 N–H and O–H groups in total. The highest BCUT2D eigenvalue weighted by molar-refractivity contribution is 5.81. The van der Waals surface area contributed by atoms with Gasteiger partial charge in [-0.25, -0.2) is 0 Å². The van der Waals surface area contributed by atoms with Gasteiger partial charge in [-0.1, -0.05) is 18.7 Å². The molecule has 0 bridgehead atoms. The summed E-state index contributed by atoms with van der Waals surface area (Å²) < 4.78 is 0. The van der Waals surface area contributed by atoms with E-state index in [4.69, 9.17) is 5.11 Å². The van der Waals surface area contributed by atoms with Gasteiger partial charge in [0.25, 0.3) is 0 Å². The predicted octanol–water partition coefficient (Wildman–Crippen LogP) is 0.954. The van der Waals surface area contributed by atoms with Gasteiger partial charge in [0.2, 0.25) is 0 Å². The molecular formula is C9H12O3. The third-order valence-electron chi connectivity index (χ3n) is 2.32. The van der Waals surface area contributed by atoms with Crippen molar-refractivity contribution in [1.29, 1.82) is 0 Å². The summed E-state index contributed by atoms with van der Waals surface area (Å²) >= 11 is 0. The third-order valence-corrected chi connectivity index (χ3v) is 2.32. The Kier molecular flexibility index (Phi) is 2.06. The van der Waals surface area contributed by atoms with Crippen molar-refractivity contribution in [2.24, 2.45) is 5.41 Å². The molecule has 0 saturated heterocycles. The summed E-state index contributed by atoms with van der Waals surface area (Å²) in [6.45, 7) is 5.13. The number of carboxylic acid groups (broad SMARTS) is 1. The first-order valence-corrected chi connectivity index (χ1v) is 3.77. The molecule has 12 heavy (non-hydrogen) atoms. The van der Waals surface area contributed by atoms with E-state index in [1.807, 2.05) is 0 Å². The average molecular weight is 168 g/mol. The lowest BCUT2D eigenvalue weighted by Crippen LogP contribution is -2.35. The van der Waals surface area contributed by atoms with E-state index in [9.17, 15) is 9.90 Å². The number of carbonyl (C=O) groups is 1. The summed E-state index contributed by atoms with van der Waals surface area (Å²) in [7, 11) is 0. The zero-order valence-electron chi connectivity index (χ0n) is 6.95. The fourth-order valence-corrected chi connectivity index (χ4v) is 1.24. The maximum absolute atomic E-state index is 10.8. The summed E-state index contributed by atoms with van der Waals surface area (Å²) in [4.78, 5) is 10.8. The van der Waals surface area contributed by atoms with Gasteiger partial charge in [0, 0.05) is 0 Å². The van der Waals surface area contributed by atoms with Crippen molar-refractivity contribution in [3.63, 3.8) is 0 Å². The van der Waals surface area contributed by atoms with Gasteiger partial charge in [0.1, 0.15) is 5.41 Å². The zero-order chi connectivity index (χ0) is 9.35. The quantitative estimate of drug-likeness (QED) is 0.573. The fraction of sp³-hybridized carbons (Fsp3) is 0.444. The molecule has 0 aliphatic heterocycles.